The van der Waals surface area contributed by atoms with Gasteiger partial charge in [0.15, 0.2) is 0 Å². The molecule has 2 aromatic carbocycles. The summed E-state index contributed by atoms with van der Waals surface area (Å²) in [6.45, 7) is 1.97. The molecule has 0 atom stereocenters. The maximum absolute atomic E-state index is 14.3. The first-order valence-electron chi connectivity index (χ1n) is 6.97. The maximum atomic E-state index is 14.3. The minimum atomic E-state index is -0.150. The van der Waals surface area contributed by atoms with Gasteiger partial charge in [0.1, 0.15) is 5.82 Å². The molecule has 0 unspecified atom stereocenters. The van der Waals surface area contributed by atoms with E-state index < -0.39 is 0 Å². The number of halogens is 1. The van der Waals surface area contributed by atoms with Crippen LogP contribution in [0.5, 0.6) is 0 Å². The van der Waals surface area contributed by atoms with E-state index in [-0.39, 0.29) is 5.82 Å². The van der Waals surface area contributed by atoms with Crippen molar-refractivity contribution in [1.82, 2.24) is 4.90 Å². The standard InChI is InChI=1S/C18H18FN/c1-20-11-5-8-16(13-20)15-9-10-17(18(19)12-15)14-6-3-2-4-7-14/h2-4,6-10,12H,5,11,13H2,1H3. The number of nitrogens with zero attached hydrogens (tertiary/aromatic N) is 1. The van der Waals surface area contributed by atoms with E-state index in [1.807, 2.05) is 42.5 Å². The molecule has 0 spiro atoms. The van der Waals surface area contributed by atoms with Crippen molar-refractivity contribution >= 4 is 5.57 Å². The van der Waals surface area contributed by atoms with E-state index in [2.05, 4.69) is 18.0 Å². The summed E-state index contributed by atoms with van der Waals surface area (Å²) >= 11 is 0. The van der Waals surface area contributed by atoms with Crippen molar-refractivity contribution in [3.05, 3.63) is 66.0 Å². The van der Waals surface area contributed by atoms with E-state index in [0.717, 1.165) is 30.6 Å². The van der Waals surface area contributed by atoms with E-state index in [0.29, 0.717) is 5.56 Å². The zero-order valence-corrected chi connectivity index (χ0v) is 11.6. The smallest absolute Gasteiger partial charge is 0.131 e. The molecule has 1 aliphatic rings. The highest BCUT2D eigenvalue weighted by atomic mass is 19.1. The molecular formula is C18H18FN. The Bertz CT molecular complexity index is 631. The van der Waals surface area contributed by atoms with E-state index in [1.54, 1.807) is 6.07 Å². The Morgan fingerprint density at radius 3 is 2.50 bits per heavy atom. The minimum Gasteiger partial charge on any atom is -0.302 e. The van der Waals surface area contributed by atoms with Crippen LogP contribution < -0.4 is 0 Å². The molecule has 0 bridgehead atoms. The highest BCUT2D eigenvalue weighted by Crippen LogP contribution is 2.27. The first-order chi connectivity index (χ1) is 9.74. The fraction of sp³-hybridized carbons (Fsp3) is 0.222. The van der Waals surface area contributed by atoms with Crippen LogP contribution in [0.3, 0.4) is 0 Å². The van der Waals surface area contributed by atoms with Crippen molar-refractivity contribution in [2.75, 3.05) is 20.1 Å². The molecule has 0 fully saturated rings. The minimum absolute atomic E-state index is 0.150. The molecule has 1 nitrogen and oxygen atoms in total. The molecule has 3 rings (SSSR count). The summed E-state index contributed by atoms with van der Waals surface area (Å²) in [6.07, 6.45) is 3.25. The van der Waals surface area contributed by atoms with Crippen LogP contribution in [0.1, 0.15) is 12.0 Å². The summed E-state index contributed by atoms with van der Waals surface area (Å²) in [5.41, 5.74) is 3.80. The SMILES string of the molecule is CN1CCC=C(c2ccc(-c3ccccc3)c(F)c2)C1. The zero-order chi connectivity index (χ0) is 13.9. The summed E-state index contributed by atoms with van der Waals surface area (Å²) in [4.78, 5) is 2.26. The van der Waals surface area contributed by atoms with Gasteiger partial charge in [-0.3, -0.25) is 0 Å². The fourth-order valence-corrected chi connectivity index (χ4v) is 2.67. The van der Waals surface area contributed by atoms with E-state index in [4.69, 9.17) is 0 Å². The van der Waals surface area contributed by atoms with Crippen LogP contribution >= 0.6 is 0 Å². The Morgan fingerprint density at radius 2 is 1.80 bits per heavy atom. The quantitative estimate of drug-likeness (QED) is 0.787. The Labute approximate surface area is 119 Å². The molecule has 0 radical (unpaired) electrons. The van der Waals surface area contributed by atoms with Crippen molar-refractivity contribution in [2.24, 2.45) is 0 Å². The third kappa shape index (κ3) is 2.66. The number of benzene rings is 2. The first-order valence-corrected chi connectivity index (χ1v) is 6.97. The lowest BCUT2D eigenvalue weighted by Gasteiger charge is -2.23. The van der Waals surface area contributed by atoms with Gasteiger partial charge in [-0.05, 0) is 36.2 Å². The van der Waals surface area contributed by atoms with Crippen molar-refractivity contribution in [1.29, 1.82) is 0 Å². The Balaban J connectivity index is 1.94. The Morgan fingerprint density at radius 1 is 1.00 bits per heavy atom. The molecule has 0 aromatic heterocycles. The molecule has 1 aliphatic heterocycles. The topological polar surface area (TPSA) is 3.24 Å². The highest BCUT2D eigenvalue weighted by Gasteiger charge is 2.12. The van der Waals surface area contributed by atoms with E-state index in [1.165, 1.54) is 5.57 Å². The molecule has 0 saturated heterocycles. The van der Waals surface area contributed by atoms with Crippen molar-refractivity contribution in [2.45, 2.75) is 6.42 Å². The second kappa shape index (κ2) is 5.59. The summed E-state index contributed by atoms with van der Waals surface area (Å²) < 4.78 is 14.3. The van der Waals surface area contributed by atoms with Crippen LogP contribution in [-0.4, -0.2) is 25.0 Å². The van der Waals surface area contributed by atoms with Crippen LogP contribution in [0.25, 0.3) is 16.7 Å². The van der Waals surface area contributed by atoms with Gasteiger partial charge in [0.25, 0.3) is 0 Å². The maximum Gasteiger partial charge on any atom is 0.131 e. The average molecular weight is 267 g/mol. The molecule has 1 heterocycles. The lowest BCUT2D eigenvalue weighted by atomic mass is 9.97. The molecule has 0 N–H and O–H groups in total. The lowest BCUT2D eigenvalue weighted by molar-refractivity contribution is 0.373. The van der Waals surface area contributed by atoms with Crippen LogP contribution in [0.15, 0.2) is 54.6 Å². The van der Waals surface area contributed by atoms with Gasteiger partial charge in [-0.1, -0.05) is 48.5 Å². The monoisotopic (exact) mass is 267 g/mol. The zero-order valence-electron chi connectivity index (χ0n) is 11.6. The van der Waals surface area contributed by atoms with Gasteiger partial charge in [0.05, 0.1) is 0 Å². The summed E-state index contributed by atoms with van der Waals surface area (Å²) in [7, 11) is 2.10. The molecule has 0 saturated carbocycles. The van der Waals surface area contributed by atoms with E-state index in [9.17, 15) is 4.39 Å². The molecular weight excluding hydrogens is 249 g/mol. The number of hydrogen-bond acceptors (Lipinski definition) is 1. The summed E-state index contributed by atoms with van der Waals surface area (Å²) in [5.74, 6) is -0.150. The highest BCUT2D eigenvalue weighted by molar-refractivity contribution is 5.72. The molecule has 102 valence electrons. The number of likely N-dealkylation sites (N-methyl/N-ethyl adjacent to an activating group) is 1. The third-order valence-electron chi connectivity index (χ3n) is 3.77. The van der Waals surface area contributed by atoms with Crippen molar-refractivity contribution in [3.8, 4) is 11.1 Å². The lowest BCUT2D eigenvalue weighted by Crippen LogP contribution is -2.24. The Hall–Kier alpha value is -1.93. The fourth-order valence-electron chi connectivity index (χ4n) is 2.67. The molecule has 2 heteroatoms. The van der Waals surface area contributed by atoms with Crippen molar-refractivity contribution in [3.63, 3.8) is 0 Å². The summed E-state index contributed by atoms with van der Waals surface area (Å²) in [5, 5.41) is 0. The molecule has 2 aromatic rings. The van der Waals surface area contributed by atoms with Gasteiger partial charge >= 0.3 is 0 Å². The van der Waals surface area contributed by atoms with Gasteiger partial charge in [0, 0.05) is 18.7 Å². The van der Waals surface area contributed by atoms with Crippen LogP contribution in [-0.2, 0) is 0 Å². The van der Waals surface area contributed by atoms with Crippen LogP contribution in [0.2, 0.25) is 0 Å². The Kier molecular flexibility index (Phi) is 3.66. The first kappa shape index (κ1) is 13.1. The number of rotatable bonds is 2. The second-order valence-corrected chi connectivity index (χ2v) is 5.32. The van der Waals surface area contributed by atoms with Crippen LogP contribution in [0, 0.1) is 5.82 Å². The second-order valence-electron chi connectivity index (χ2n) is 5.32. The van der Waals surface area contributed by atoms with Gasteiger partial charge in [-0.2, -0.15) is 0 Å². The van der Waals surface area contributed by atoms with Gasteiger partial charge in [0.2, 0.25) is 0 Å². The third-order valence-corrected chi connectivity index (χ3v) is 3.77. The largest absolute Gasteiger partial charge is 0.302 e. The van der Waals surface area contributed by atoms with E-state index >= 15 is 0 Å². The van der Waals surface area contributed by atoms with Crippen LogP contribution in [0.4, 0.5) is 4.39 Å². The molecule has 0 amide bonds. The predicted molar refractivity (Wildman–Crippen MR) is 81.9 cm³/mol. The van der Waals surface area contributed by atoms with Gasteiger partial charge in [-0.15, -0.1) is 0 Å². The normalized spacial score (nSPS) is 16.0. The molecule has 20 heavy (non-hydrogen) atoms. The average Bonchev–Trinajstić information content (AvgIpc) is 2.48. The number of hydrogen-bond donors (Lipinski definition) is 0. The van der Waals surface area contributed by atoms with Gasteiger partial charge < -0.3 is 4.90 Å². The summed E-state index contributed by atoms with van der Waals surface area (Å²) in [6, 6.07) is 15.2. The van der Waals surface area contributed by atoms with Crippen molar-refractivity contribution < 1.29 is 4.39 Å². The molecule has 0 aliphatic carbocycles. The predicted octanol–water partition coefficient (Wildman–Crippen LogP) is 4.21. The van der Waals surface area contributed by atoms with Gasteiger partial charge in [-0.25, -0.2) is 4.39 Å².